The minimum absolute atomic E-state index is 0.538. The summed E-state index contributed by atoms with van der Waals surface area (Å²) >= 11 is 5.79. The van der Waals surface area contributed by atoms with Gasteiger partial charge in [-0.2, -0.15) is 0 Å². The summed E-state index contributed by atoms with van der Waals surface area (Å²) in [5, 5.41) is 0.538. The second-order valence-corrected chi connectivity index (χ2v) is 2.75. The van der Waals surface area contributed by atoms with Crippen LogP contribution in [0.1, 0.15) is 18.3 Å². The van der Waals surface area contributed by atoms with Crippen LogP contribution >= 0.6 is 11.6 Å². The van der Waals surface area contributed by atoms with Crippen molar-refractivity contribution in [3.05, 3.63) is 22.7 Å². The van der Waals surface area contributed by atoms with Crippen LogP contribution in [-0.2, 0) is 7.05 Å². The molecule has 2 nitrogen and oxygen atoms in total. The number of rotatable bonds is 1. The van der Waals surface area contributed by atoms with Crippen molar-refractivity contribution in [2.24, 2.45) is 7.05 Å². The van der Waals surface area contributed by atoms with E-state index in [1.807, 2.05) is 37.6 Å². The number of hydrogen-bond acceptors (Lipinski definition) is 1. The number of halogens is 1. The van der Waals surface area contributed by atoms with Crippen molar-refractivity contribution in [3.63, 3.8) is 0 Å². The molecular weight excluding hydrogens is 160 g/mol. The highest BCUT2D eigenvalue weighted by molar-refractivity contribution is 6.28. The summed E-state index contributed by atoms with van der Waals surface area (Å²) in [6.07, 6.45) is 3.90. The number of nitrogens with zero attached hydrogens (tertiary/aromatic N) is 2. The highest BCUT2D eigenvalue weighted by Crippen LogP contribution is 2.14. The van der Waals surface area contributed by atoms with Gasteiger partial charge in [0.15, 0.2) is 0 Å². The van der Waals surface area contributed by atoms with Crippen molar-refractivity contribution in [2.75, 3.05) is 0 Å². The predicted octanol–water partition coefficient (Wildman–Crippen LogP) is 2.42. The first-order valence-corrected chi connectivity index (χ1v) is 3.86. The van der Waals surface area contributed by atoms with Crippen molar-refractivity contribution in [1.82, 2.24) is 9.55 Å². The maximum absolute atomic E-state index is 5.79. The van der Waals surface area contributed by atoms with Gasteiger partial charge in [0.1, 0.15) is 0 Å². The number of allylic oxidation sites excluding steroid dienone is 1. The molecule has 0 unspecified atom stereocenters. The summed E-state index contributed by atoms with van der Waals surface area (Å²) in [7, 11) is 1.90. The van der Waals surface area contributed by atoms with Gasteiger partial charge in [-0.25, -0.2) is 4.98 Å². The van der Waals surface area contributed by atoms with E-state index in [0.717, 1.165) is 11.4 Å². The molecule has 3 heteroatoms. The number of aromatic nitrogens is 2. The summed E-state index contributed by atoms with van der Waals surface area (Å²) in [6.45, 7) is 3.95. The van der Waals surface area contributed by atoms with Crippen molar-refractivity contribution in [3.8, 4) is 0 Å². The molecule has 0 aromatic carbocycles. The smallest absolute Gasteiger partial charge is 0.203 e. The second kappa shape index (κ2) is 3.09. The van der Waals surface area contributed by atoms with E-state index in [0.29, 0.717) is 5.28 Å². The van der Waals surface area contributed by atoms with Gasteiger partial charge in [-0.3, -0.25) is 0 Å². The molecule has 1 heterocycles. The third kappa shape index (κ3) is 1.46. The van der Waals surface area contributed by atoms with Gasteiger partial charge in [0.25, 0.3) is 0 Å². The zero-order valence-electron chi connectivity index (χ0n) is 6.93. The van der Waals surface area contributed by atoms with Crippen LogP contribution in [0.4, 0.5) is 0 Å². The lowest BCUT2D eigenvalue weighted by molar-refractivity contribution is 0.874. The molecule has 0 fully saturated rings. The SMILES string of the molecule is C/C=C\c1nc(Cl)n(C)c1C. The predicted molar refractivity (Wildman–Crippen MR) is 47.7 cm³/mol. The molecule has 0 spiro atoms. The molecule has 0 saturated heterocycles. The largest absolute Gasteiger partial charge is 0.322 e. The summed E-state index contributed by atoms with van der Waals surface area (Å²) in [4.78, 5) is 4.14. The summed E-state index contributed by atoms with van der Waals surface area (Å²) in [6, 6.07) is 0. The van der Waals surface area contributed by atoms with E-state index in [2.05, 4.69) is 4.98 Å². The highest BCUT2D eigenvalue weighted by atomic mass is 35.5. The number of imidazole rings is 1. The second-order valence-electron chi connectivity index (χ2n) is 2.41. The van der Waals surface area contributed by atoms with Crippen LogP contribution in [-0.4, -0.2) is 9.55 Å². The van der Waals surface area contributed by atoms with Crippen LogP contribution in [0.15, 0.2) is 6.08 Å². The summed E-state index contributed by atoms with van der Waals surface area (Å²) < 4.78 is 1.86. The Kier molecular flexibility index (Phi) is 2.35. The minimum Gasteiger partial charge on any atom is -0.322 e. The van der Waals surface area contributed by atoms with E-state index in [9.17, 15) is 0 Å². The molecule has 0 radical (unpaired) electrons. The Labute approximate surface area is 71.5 Å². The van der Waals surface area contributed by atoms with Gasteiger partial charge in [0.05, 0.1) is 5.69 Å². The van der Waals surface area contributed by atoms with Crippen molar-refractivity contribution in [1.29, 1.82) is 0 Å². The van der Waals surface area contributed by atoms with Gasteiger partial charge in [-0.15, -0.1) is 0 Å². The van der Waals surface area contributed by atoms with E-state index in [1.165, 1.54) is 0 Å². The molecule has 0 bridgehead atoms. The maximum atomic E-state index is 5.79. The molecule has 1 aromatic rings. The van der Waals surface area contributed by atoms with Crippen LogP contribution in [0, 0.1) is 6.92 Å². The standard InChI is InChI=1S/C8H11ClN2/c1-4-5-7-6(2)11(3)8(9)10-7/h4-5H,1-3H3/b5-4-. The van der Waals surface area contributed by atoms with Crippen LogP contribution in [0.3, 0.4) is 0 Å². The normalized spacial score (nSPS) is 11.3. The number of hydrogen-bond donors (Lipinski definition) is 0. The van der Waals surface area contributed by atoms with Gasteiger partial charge >= 0.3 is 0 Å². The Morgan fingerprint density at radius 2 is 2.18 bits per heavy atom. The molecule has 0 amide bonds. The fourth-order valence-electron chi connectivity index (χ4n) is 0.881. The Balaban J connectivity index is 3.18. The zero-order chi connectivity index (χ0) is 8.43. The third-order valence-corrected chi connectivity index (χ3v) is 2.03. The van der Waals surface area contributed by atoms with Crippen molar-refractivity contribution >= 4 is 17.7 Å². The van der Waals surface area contributed by atoms with E-state index in [4.69, 9.17) is 11.6 Å². The minimum atomic E-state index is 0.538. The third-order valence-electron chi connectivity index (χ3n) is 1.69. The van der Waals surface area contributed by atoms with Crippen LogP contribution in [0.25, 0.3) is 6.08 Å². The van der Waals surface area contributed by atoms with Crippen LogP contribution in [0.2, 0.25) is 5.28 Å². The fourth-order valence-corrected chi connectivity index (χ4v) is 1.10. The average Bonchev–Trinajstić information content (AvgIpc) is 2.19. The average molecular weight is 171 g/mol. The molecule has 0 N–H and O–H groups in total. The fraction of sp³-hybridized carbons (Fsp3) is 0.375. The Morgan fingerprint density at radius 1 is 1.55 bits per heavy atom. The molecule has 0 aliphatic carbocycles. The van der Waals surface area contributed by atoms with E-state index in [1.54, 1.807) is 0 Å². The van der Waals surface area contributed by atoms with E-state index in [-0.39, 0.29) is 0 Å². The van der Waals surface area contributed by atoms with Crippen LogP contribution < -0.4 is 0 Å². The lowest BCUT2D eigenvalue weighted by Crippen LogP contribution is -1.89. The molecule has 0 aliphatic heterocycles. The first-order valence-electron chi connectivity index (χ1n) is 3.48. The Morgan fingerprint density at radius 3 is 2.55 bits per heavy atom. The summed E-state index contributed by atoms with van der Waals surface area (Å²) in [5.41, 5.74) is 2.04. The van der Waals surface area contributed by atoms with Crippen LogP contribution in [0.5, 0.6) is 0 Å². The quantitative estimate of drug-likeness (QED) is 0.633. The molecule has 60 valence electrons. The zero-order valence-corrected chi connectivity index (χ0v) is 7.68. The molecule has 0 aliphatic rings. The first kappa shape index (κ1) is 8.34. The van der Waals surface area contributed by atoms with E-state index >= 15 is 0 Å². The molecule has 1 rings (SSSR count). The maximum Gasteiger partial charge on any atom is 0.203 e. The molecule has 11 heavy (non-hydrogen) atoms. The molecule has 0 atom stereocenters. The monoisotopic (exact) mass is 170 g/mol. The lowest BCUT2D eigenvalue weighted by atomic mass is 10.3. The van der Waals surface area contributed by atoms with E-state index < -0.39 is 0 Å². The molecule has 1 aromatic heterocycles. The molecular formula is C8H11ClN2. The topological polar surface area (TPSA) is 17.8 Å². The van der Waals surface area contributed by atoms with Gasteiger partial charge < -0.3 is 4.57 Å². The van der Waals surface area contributed by atoms with Gasteiger partial charge in [-0.05, 0) is 31.5 Å². The Bertz CT molecular complexity index is 287. The van der Waals surface area contributed by atoms with Gasteiger partial charge in [0, 0.05) is 12.7 Å². The van der Waals surface area contributed by atoms with Crippen molar-refractivity contribution < 1.29 is 0 Å². The lowest BCUT2D eigenvalue weighted by Gasteiger charge is -1.94. The highest BCUT2D eigenvalue weighted by Gasteiger charge is 2.04. The first-order chi connectivity index (χ1) is 5.16. The van der Waals surface area contributed by atoms with Crippen molar-refractivity contribution in [2.45, 2.75) is 13.8 Å². The van der Waals surface area contributed by atoms with Gasteiger partial charge in [0.2, 0.25) is 5.28 Å². The summed E-state index contributed by atoms with van der Waals surface area (Å²) in [5.74, 6) is 0. The Hall–Kier alpha value is -0.760. The van der Waals surface area contributed by atoms with Gasteiger partial charge in [-0.1, -0.05) is 6.08 Å². The molecule has 0 saturated carbocycles.